The largest absolute Gasteiger partial charge is 0.455 e. The summed E-state index contributed by atoms with van der Waals surface area (Å²) >= 11 is 1.54. The van der Waals surface area contributed by atoms with Gasteiger partial charge in [0.15, 0.2) is 5.58 Å². The molecule has 28 heavy (non-hydrogen) atoms. The van der Waals surface area contributed by atoms with E-state index < -0.39 is 11.8 Å². The molecule has 0 bridgehead atoms. The minimum absolute atomic E-state index is 0.0186. The number of hydrogen-bond donors (Lipinski definition) is 0. The van der Waals surface area contributed by atoms with Crippen LogP contribution in [0.4, 0.5) is 0 Å². The van der Waals surface area contributed by atoms with Gasteiger partial charge in [-0.2, -0.15) is 5.26 Å². The van der Waals surface area contributed by atoms with Gasteiger partial charge in [0.1, 0.15) is 22.4 Å². The Morgan fingerprint density at radius 2 is 2.11 bits per heavy atom. The topological polar surface area (TPSA) is 92.1 Å². The third-order valence-electron chi connectivity index (χ3n) is 4.83. The molecule has 1 aliphatic rings. The minimum atomic E-state index is -0.553. The molecule has 0 N–H and O–H groups in total. The standard InChI is InChI=1S/C20H16N4O3S/c1-4-24-19(25)13(11(2)14(10-21)20(24)26)7-12-8-15-17(27-12)9-16(23(15)3)18-22-5-6-28-18/h5-9H,4H2,1-3H3/b13-7-. The van der Waals surface area contributed by atoms with Gasteiger partial charge in [0, 0.05) is 42.9 Å². The normalized spacial score (nSPS) is 16.5. The van der Waals surface area contributed by atoms with Crippen LogP contribution in [0.5, 0.6) is 0 Å². The molecule has 0 saturated heterocycles. The number of aromatic nitrogens is 2. The number of carbonyl (C=O) groups is 2. The number of imide groups is 1. The molecule has 8 heteroatoms. The lowest BCUT2D eigenvalue weighted by Crippen LogP contribution is -2.42. The van der Waals surface area contributed by atoms with E-state index in [1.54, 1.807) is 37.5 Å². The molecule has 0 unspecified atom stereocenters. The number of carbonyl (C=O) groups excluding carboxylic acids is 2. The van der Waals surface area contributed by atoms with E-state index in [4.69, 9.17) is 4.42 Å². The molecule has 3 aromatic rings. The number of nitriles is 1. The number of fused-ring (bicyclic) bond motifs is 1. The number of likely N-dealkylation sites (N-methyl/N-ethyl adjacent to an activating group) is 1. The first-order valence-corrected chi connectivity index (χ1v) is 9.52. The fraction of sp³-hybridized carbons (Fsp3) is 0.200. The van der Waals surface area contributed by atoms with Gasteiger partial charge in [-0.25, -0.2) is 4.98 Å². The van der Waals surface area contributed by atoms with Crippen LogP contribution in [0.3, 0.4) is 0 Å². The maximum atomic E-state index is 12.7. The maximum Gasteiger partial charge on any atom is 0.271 e. The summed E-state index contributed by atoms with van der Waals surface area (Å²) in [5.41, 5.74) is 3.12. The summed E-state index contributed by atoms with van der Waals surface area (Å²) in [5, 5.41) is 12.1. The molecule has 0 aromatic carbocycles. The van der Waals surface area contributed by atoms with E-state index in [0.717, 1.165) is 21.1 Å². The van der Waals surface area contributed by atoms with Gasteiger partial charge in [0.2, 0.25) is 0 Å². The second-order valence-electron chi connectivity index (χ2n) is 6.35. The smallest absolute Gasteiger partial charge is 0.271 e. The zero-order valence-corrected chi connectivity index (χ0v) is 16.3. The second-order valence-corrected chi connectivity index (χ2v) is 7.24. The van der Waals surface area contributed by atoms with Crippen LogP contribution >= 0.6 is 11.3 Å². The number of furan rings is 1. The van der Waals surface area contributed by atoms with E-state index in [1.165, 1.54) is 0 Å². The van der Waals surface area contributed by atoms with E-state index in [1.807, 2.05) is 35.2 Å². The van der Waals surface area contributed by atoms with Gasteiger partial charge < -0.3 is 8.98 Å². The molecule has 4 heterocycles. The molecule has 3 aromatic heterocycles. The highest BCUT2D eigenvalue weighted by Crippen LogP contribution is 2.32. The first kappa shape index (κ1) is 17.9. The highest BCUT2D eigenvalue weighted by atomic mass is 32.1. The van der Waals surface area contributed by atoms with Crippen LogP contribution < -0.4 is 0 Å². The number of amides is 2. The highest BCUT2D eigenvalue weighted by molar-refractivity contribution is 7.13. The fourth-order valence-corrected chi connectivity index (χ4v) is 4.01. The Morgan fingerprint density at radius 3 is 2.71 bits per heavy atom. The Hall–Kier alpha value is -3.44. The van der Waals surface area contributed by atoms with Crippen LogP contribution in [-0.2, 0) is 16.6 Å². The lowest BCUT2D eigenvalue weighted by molar-refractivity contribution is -0.140. The van der Waals surface area contributed by atoms with Gasteiger partial charge in [0.25, 0.3) is 11.8 Å². The molecule has 4 rings (SSSR count). The molecule has 0 saturated carbocycles. The minimum Gasteiger partial charge on any atom is -0.455 e. The molecule has 0 atom stereocenters. The number of aryl methyl sites for hydroxylation is 1. The Labute approximate surface area is 164 Å². The van der Waals surface area contributed by atoms with Crippen molar-refractivity contribution in [3.8, 4) is 16.8 Å². The summed E-state index contributed by atoms with van der Waals surface area (Å²) in [6.07, 6.45) is 3.34. The number of thiazole rings is 1. The number of rotatable bonds is 3. The third kappa shape index (κ3) is 2.60. The van der Waals surface area contributed by atoms with Crippen LogP contribution in [0.25, 0.3) is 27.9 Å². The Kier molecular flexibility index (Phi) is 4.24. The Bertz CT molecular complexity index is 1220. The Balaban J connectivity index is 1.81. The molecule has 2 amide bonds. The van der Waals surface area contributed by atoms with Gasteiger partial charge in [-0.15, -0.1) is 11.3 Å². The van der Waals surface area contributed by atoms with Gasteiger partial charge >= 0.3 is 0 Å². The monoisotopic (exact) mass is 392 g/mol. The van der Waals surface area contributed by atoms with Crippen molar-refractivity contribution in [3.05, 3.63) is 46.2 Å². The highest BCUT2D eigenvalue weighted by Gasteiger charge is 2.34. The molecule has 0 spiro atoms. The van der Waals surface area contributed by atoms with Crippen molar-refractivity contribution in [1.82, 2.24) is 14.5 Å². The number of hydrogen-bond acceptors (Lipinski definition) is 6. The van der Waals surface area contributed by atoms with E-state index in [0.29, 0.717) is 16.9 Å². The van der Waals surface area contributed by atoms with Crippen molar-refractivity contribution in [2.24, 2.45) is 7.05 Å². The fourth-order valence-electron chi connectivity index (χ4n) is 3.32. The van der Waals surface area contributed by atoms with Crippen molar-refractivity contribution in [1.29, 1.82) is 5.26 Å². The molecule has 1 aliphatic heterocycles. The van der Waals surface area contributed by atoms with Crippen molar-refractivity contribution < 1.29 is 14.0 Å². The Morgan fingerprint density at radius 1 is 1.32 bits per heavy atom. The van der Waals surface area contributed by atoms with Crippen LogP contribution in [0, 0.1) is 11.3 Å². The van der Waals surface area contributed by atoms with Crippen LogP contribution in [0.2, 0.25) is 0 Å². The second kappa shape index (κ2) is 6.62. The van der Waals surface area contributed by atoms with Gasteiger partial charge in [-0.05, 0) is 25.5 Å². The zero-order chi connectivity index (χ0) is 20.0. The van der Waals surface area contributed by atoms with Crippen molar-refractivity contribution in [2.45, 2.75) is 13.8 Å². The van der Waals surface area contributed by atoms with E-state index in [9.17, 15) is 14.9 Å². The summed E-state index contributed by atoms with van der Waals surface area (Å²) < 4.78 is 7.89. The molecular weight excluding hydrogens is 376 g/mol. The summed E-state index contributed by atoms with van der Waals surface area (Å²) in [6, 6.07) is 5.65. The maximum absolute atomic E-state index is 12.7. The lowest BCUT2D eigenvalue weighted by atomic mass is 9.95. The third-order valence-corrected chi connectivity index (χ3v) is 5.63. The molecule has 0 aliphatic carbocycles. The van der Waals surface area contributed by atoms with Gasteiger partial charge in [0.05, 0.1) is 11.2 Å². The molecule has 0 fully saturated rings. The molecule has 140 valence electrons. The van der Waals surface area contributed by atoms with Crippen LogP contribution in [0.1, 0.15) is 19.6 Å². The van der Waals surface area contributed by atoms with Gasteiger partial charge in [-0.1, -0.05) is 0 Å². The summed E-state index contributed by atoms with van der Waals surface area (Å²) in [4.78, 5) is 30.4. The summed E-state index contributed by atoms with van der Waals surface area (Å²) in [5.74, 6) is -0.494. The van der Waals surface area contributed by atoms with Gasteiger partial charge in [-0.3, -0.25) is 14.5 Å². The zero-order valence-electron chi connectivity index (χ0n) is 15.5. The van der Waals surface area contributed by atoms with E-state index in [-0.39, 0.29) is 17.7 Å². The molecule has 7 nitrogen and oxygen atoms in total. The average molecular weight is 392 g/mol. The summed E-state index contributed by atoms with van der Waals surface area (Å²) in [7, 11) is 1.92. The number of nitrogens with zero attached hydrogens (tertiary/aromatic N) is 4. The predicted molar refractivity (Wildman–Crippen MR) is 105 cm³/mol. The SMILES string of the molecule is CCN1C(=O)C(C#N)=C(C)/C(=C/c2cc3c(cc(-c4nccs4)n3C)o2)C1=O. The molecule has 0 radical (unpaired) electrons. The van der Waals surface area contributed by atoms with Crippen molar-refractivity contribution in [3.63, 3.8) is 0 Å². The predicted octanol–water partition coefficient (Wildman–Crippen LogP) is 3.51. The van der Waals surface area contributed by atoms with E-state index >= 15 is 0 Å². The quantitative estimate of drug-likeness (QED) is 0.502. The average Bonchev–Trinajstić information content (AvgIpc) is 3.38. The van der Waals surface area contributed by atoms with E-state index in [2.05, 4.69) is 4.98 Å². The van der Waals surface area contributed by atoms with Crippen molar-refractivity contribution >= 4 is 40.3 Å². The lowest BCUT2D eigenvalue weighted by Gasteiger charge is -2.25. The summed E-state index contributed by atoms with van der Waals surface area (Å²) in [6.45, 7) is 3.51. The van der Waals surface area contributed by atoms with Crippen LogP contribution in [-0.4, -0.2) is 32.8 Å². The first-order chi connectivity index (χ1) is 13.5. The van der Waals surface area contributed by atoms with Crippen molar-refractivity contribution in [2.75, 3.05) is 6.54 Å². The molecular formula is C20H16N4O3S. The van der Waals surface area contributed by atoms with Crippen LogP contribution in [0.15, 0.2) is 44.8 Å². The first-order valence-electron chi connectivity index (χ1n) is 8.64.